The molecular weight excluding hydrogens is 442 g/mol. The lowest BCUT2D eigenvalue weighted by atomic mass is 9.87. The third kappa shape index (κ3) is 6.41. The molecule has 33 heavy (non-hydrogen) atoms. The largest absolute Gasteiger partial charge is 0.465 e. The van der Waals surface area contributed by atoms with Gasteiger partial charge in [-0.05, 0) is 59.5 Å². The molecule has 0 atom stereocenters. The molecule has 0 bridgehead atoms. The Labute approximate surface area is 192 Å². The standard InChI is InChI=1S/C24H25N3O5S/c1-24(2,3)17-8-6-16(7-9-17)22(28)27-21(15-19-5-4-14-32-19)23(29)26-18-10-12-20(13-11-18)33(25,30)31/h4-15H,1-3H3,(H,26,29)(H,27,28)(H2,25,30,31)/b21-15-. The van der Waals surface area contributed by atoms with E-state index in [-0.39, 0.29) is 16.0 Å². The summed E-state index contributed by atoms with van der Waals surface area (Å²) in [5.74, 6) is -0.712. The van der Waals surface area contributed by atoms with Crippen molar-refractivity contribution in [3.05, 3.63) is 89.5 Å². The Hall–Kier alpha value is -3.69. The predicted molar refractivity (Wildman–Crippen MR) is 126 cm³/mol. The number of amides is 2. The minimum absolute atomic E-state index is 0.0506. The molecule has 0 aliphatic carbocycles. The van der Waals surface area contributed by atoms with E-state index < -0.39 is 21.8 Å². The molecule has 0 saturated carbocycles. The summed E-state index contributed by atoms with van der Waals surface area (Å²) in [5, 5.41) is 10.3. The molecular formula is C24H25N3O5S. The third-order valence-corrected chi connectivity index (χ3v) is 5.71. The van der Waals surface area contributed by atoms with E-state index in [1.54, 1.807) is 24.3 Å². The maximum absolute atomic E-state index is 12.9. The molecule has 0 saturated heterocycles. The van der Waals surface area contributed by atoms with Gasteiger partial charge in [0, 0.05) is 17.3 Å². The number of anilines is 1. The van der Waals surface area contributed by atoms with Crippen molar-refractivity contribution in [2.24, 2.45) is 5.14 Å². The van der Waals surface area contributed by atoms with Gasteiger partial charge in [0.25, 0.3) is 11.8 Å². The van der Waals surface area contributed by atoms with Crippen molar-refractivity contribution in [1.29, 1.82) is 0 Å². The summed E-state index contributed by atoms with van der Waals surface area (Å²) in [5.41, 5.74) is 1.68. The highest BCUT2D eigenvalue weighted by molar-refractivity contribution is 7.89. The van der Waals surface area contributed by atoms with Crippen molar-refractivity contribution in [3.63, 3.8) is 0 Å². The van der Waals surface area contributed by atoms with Crippen LogP contribution in [0.1, 0.15) is 42.5 Å². The molecule has 172 valence electrons. The molecule has 3 rings (SSSR count). The van der Waals surface area contributed by atoms with Crippen LogP contribution in [0.15, 0.2) is 81.9 Å². The van der Waals surface area contributed by atoms with Gasteiger partial charge in [0.2, 0.25) is 10.0 Å². The normalized spacial score (nSPS) is 12.3. The van der Waals surface area contributed by atoms with Crippen LogP contribution in [0.2, 0.25) is 0 Å². The minimum Gasteiger partial charge on any atom is -0.465 e. The van der Waals surface area contributed by atoms with Gasteiger partial charge in [0.05, 0.1) is 11.2 Å². The van der Waals surface area contributed by atoms with Crippen LogP contribution in [0.4, 0.5) is 5.69 Å². The molecule has 2 amide bonds. The first-order valence-electron chi connectivity index (χ1n) is 10.0. The van der Waals surface area contributed by atoms with Crippen LogP contribution < -0.4 is 15.8 Å². The molecule has 1 heterocycles. The quantitative estimate of drug-likeness (QED) is 0.476. The summed E-state index contributed by atoms with van der Waals surface area (Å²) in [4.78, 5) is 25.6. The predicted octanol–water partition coefficient (Wildman–Crippen LogP) is 3.63. The monoisotopic (exact) mass is 467 g/mol. The van der Waals surface area contributed by atoms with E-state index in [1.165, 1.54) is 36.6 Å². The van der Waals surface area contributed by atoms with Crippen LogP contribution in [0.25, 0.3) is 6.08 Å². The van der Waals surface area contributed by atoms with E-state index in [9.17, 15) is 18.0 Å². The maximum Gasteiger partial charge on any atom is 0.272 e. The number of carbonyl (C=O) groups excluding carboxylic acids is 2. The van der Waals surface area contributed by atoms with Gasteiger partial charge in [0.1, 0.15) is 11.5 Å². The van der Waals surface area contributed by atoms with Gasteiger partial charge < -0.3 is 15.1 Å². The lowest BCUT2D eigenvalue weighted by Gasteiger charge is -2.19. The number of nitrogens with two attached hydrogens (primary N) is 1. The second-order valence-corrected chi connectivity index (χ2v) is 9.94. The van der Waals surface area contributed by atoms with Crippen molar-refractivity contribution in [2.75, 3.05) is 5.32 Å². The van der Waals surface area contributed by atoms with Crippen LogP contribution >= 0.6 is 0 Å². The van der Waals surface area contributed by atoms with E-state index in [1.807, 2.05) is 12.1 Å². The van der Waals surface area contributed by atoms with Crippen LogP contribution in [-0.2, 0) is 20.2 Å². The Morgan fingerprint density at radius 3 is 2.12 bits per heavy atom. The highest BCUT2D eigenvalue weighted by Gasteiger charge is 2.18. The fraction of sp³-hybridized carbons (Fsp3) is 0.167. The van der Waals surface area contributed by atoms with Gasteiger partial charge in [-0.2, -0.15) is 0 Å². The van der Waals surface area contributed by atoms with Gasteiger partial charge in [-0.1, -0.05) is 32.9 Å². The summed E-state index contributed by atoms with van der Waals surface area (Å²) in [6.07, 6.45) is 2.84. The average Bonchev–Trinajstić information content (AvgIpc) is 3.25. The number of hydrogen-bond acceptors (Lipinski definition) is 5. The second-order valence-electron chi connectivity index (χ2n) is 8.38. The maximum atomic E-state index is 12.9. The van der Waals surface area contributed by atoms with Crippen molar-refractivity contribution >= 4 is 33.6 Å². The summed E-state index contributed by atoms with van der Waals surface area (Å²) in [6.45, 7) is 6.23. The molecule has 2 aromatic carbocycles. The van der Waals surface area contributed by atoms with Gasteiger partial charge >= 0.3 is 0 Å². The molecule has 0 fully saturated rings. The Morgan fingerprint density at radius 2 is 1.61 bits per heavy atom. The van der Waals surface area contributed by atoms with Crippen molar-refractivity contribution in [2.45, 2.75) is 31.1 Å². The zero-order chi connectivity index (χ0) is 24.2. The molecule has 8 nitrogen and oxygen atoms in total. The molecule has 4 N–H and O–H groups in total. The van der Waals surface area contributed by atoms with Crippen LogP contribution in [0.3, 0.4) is 0 Å². The summed E-state index contributed by atoms with van der Waals surface area (Å²) < 4.78 is 28.1. The molecule has 0 aliphatic rings. The number of furan rings is 1. The molecule has 1 aromatic heterocycles. The van der Waals surface area contributed by atoms with E-state index in [2.05, 4.69) is 31.4 Å². The minimum atomic E-state index is -3.85. The molecule has 9 heteroatoms. The third-order valence-electron chi connectivity index (χ3n) is 4.78. The molecule has 0 radical (unpaired) electrons. The number of hydrogen-bond donors (Lipinski definition) is 3. The van der Waals surface area contributed by atoms with Gasteiger partial charge in [-0.3, -0.25) is 9.59 Å². The highest BCUT2D eigenvalue weighted by Crippen LogP contribution is 2.22. The van der Waals surface area contributed by atoms with Crippen LogP contribution in [-0.4, -0.2) is 20.2 Å². The van der Waals surface area contributed by atoms with Crippen molar-refractivity contribution in [1.82, 2.24) is 5.32 Å². The SMILES string of the molecule is CC(C)(C)c1ccc(C(=O)N/C(=C\c2ccco2)C(=O)Nc2ccc(S(N)(=O)=O)cc2)cc1. The smallest absolute Gasteiger partial charge is 0.272 e. The van der Waals surface area contributed by atoms with Crippen molar-refractivity contribution < 1.29 is 22.4 Å². The zero-order valence-corrected chi connectivity index (χ0v) is 19.3. The van der Waals surface area contributed by atoms with E-state index in [4.69, 9.17) is 9.56 Å². The second kappa shape index (κ2) is 9.43. The van der Waals surface area contributed by atoms with Gasteiger partial charge in [0.15, 0.2) is 0 Å². The fourth-order valence-corrected chi connectivity index (χ4v) is 3.43. The number of primary sulfonamides is 1. The summed E-state index contributed by atoms with van der Waals surface area (Å²) in [7, 11) is -3.85. The van der Waals surface area contributed by atoms with Gasteiger partial charge in [-0.15, -0.1) is 0 Å². The molecule has 0 aliphatic heterocycles. The zero-order valence-electron chi connectivity index (χ0n) is 18.5. The van der Waals surface area contributed by atoms with E-state index in [0.29, 0.717) is 17.0 Å². The fourth-order valence-electron chi connectivity index (χ4n) is 2.92. The number of sulfonamides is 1. The Morgan fingerprint density at radius 1 is 0.970 bits per heavy atom. The topological polar surface area (TPSA) is 132 Å². The molecule has 0 unspecified atom stereocenters. The Bertz CT molecular complexity index is 1270. The van der Waals surface area contributed by atoms with E-state index in [0.717, 1.165) is 5.56 Å². The summed E-state index contributed by atoms with van der Waals surface area (Å²) >= 11 is 0. The lowest BCUT2D eigenvalue weighted by Crippen LogP contribution is -2.30. The molecule has 3 aromatic rings. The van der Waals surface area contributed by atoms with Crippen molar-refractivity contribution in [3.8, 4) is 0 Å². The number of nitrogens with one attached hydrogen (secondary N) is 2. The van der Waals surface area contributed by atoms with E-state index >= 15 is 0 Å². The number of carbonyl (C=O) groups is 2. The number of benzene rings is 2. The Balaban J connectivity index is 1.81. The first kappa shape index (κ1) is 24.0. The van der Waals surface area contributed by atoms with Crippen LogP contribution in [0, 0.1) is 0 Å². The molecule has 0 spiro atoms. The number of rotatable bonds is 6. The Kier molecular flexibility index (Phi) is 6.85. The summed E-state index contributed by atoms with van der Waals surface area (Å²) in [6, 6.07) is 15.8. The van der Waals surface area contributed by atoms with Crippen LogP contribution in [0.5, 0.6) is 0 Å². The highest BCUT2D eigenvalue weighted by atomic mass is 32.2. The average molecular weight is 468 g/mol. The lowest BCUT2D eigenvalue weighted by molar-refractivity contribution is -0.113. The first-order chi connectivity index (χ1) is 15.4. The van der Waals surface area contributed by atoms with Gasteiger partial charge in [-0.25, -0.2) is 13.6 Å². The first-order valence-corrected chi connectivity index (χ1v) is 11.6.